The van der Waals surface area contributed by atoms with Gasteiger partial charge in [0.25, 0.3) is 0 Å². The van der Waals surface area contributed by atoms with Crippen LogP contribution in [0.2, 0.25) is 0 Å². The van der Waals surface area contributed by atoms with Crippen LogP contribution in [-0.2, 0) is 9.53 Å². The molecule has 2 atom stereocenters. The summed E-state index contributed by atoms with van der Waals surface area (Å²) in [5.74, 6) is 1.20. The molecule has 0 bridgehead atoms. The number of fused-ring (bicyclic) bond motifs is 1. The molecule has 0 aromatic rings. The van der Waals surface area contributed by atoms with E-state index in [1.54, 1.807) is 7.11 Å². The molecule has 3 fully saturated rings. The van der Waals surface area contributed by atoms with Crippen LogP contribution in [0.15, 0.2) is 0 Å². The summed E-state index contributed by atoms with van der Waals surface area (Å²) in [5, 5.41) is 3.55. The lowest BCUT2D eigenvalue weighted by atomic mass is 9.80. The maximum absolute atomic E-state index is 13.0. The third-order valence-corrected chi connectivity index (χ3v) is 5.80. The molecule has 1 aliphatic carbocycles. The number of piperidine rings is 1. The van der Waals surface area contributed by atoms with Crippen LogP contribution in [0.5, 0.6) is 0 Å². The Labute approximate surface area is 122 Å². The number of carbonyl (C=O) groups is 1. The molecule has 2 saturated heterocycles. The number of hydrogen-bond donors (Lipinski definition) is 1. The number of amides is 1. The maximum atomic E-state index is 13.0. The number of methoxy groups -OCH3 is 1. The number of nitrogens with zero attached hydrogens (tertiary/aromatic N) is 1. The highest BCUT2D eigenvalue weighted by Gasteiger charge is 2.53. The molecule has 2 aliphatic heterocycles. The van der Waals surface area contributed by atoms with Gasteiger partial charge >= 0.3 is 0 Å². The van der Waals surface area contributed by atoms with Crippen molar-refractivity contribution in [3.63, 3.8) is 0 Å². The molecule has 3 aliphatic rings. The predicted octanol–water partition coefficient (Wildman–Crippen LogP) is 1.79. The van der Waals surface area contributed by atoms with Crippen LogP contribution in [-0.4, -0.2) is 50.2 Å². The Balaban J connectivity index is 1.56. The summed E-state index contributed by atoms with van der Waals surface area (Å²) in [6.45, 7) is 3.80. The highest BCUT2D eigenvalue weighted by Crippen LogP contribution is 2.46. The molecular weight excluding hydrogens is 252 g/mol. The van der Waals surface area contributed by atoms with Crippen molar-refractivity contribution in [2.75, 3.05) is 33.4 Å². The van der Waals surface area contributed by atoms with Crippen molar-refractivity contribution in [1.82, 2.24) is 10.2 Å². The van der Waals surface area contributed by atoms with Crippen molar-refractivity contribution in [3.8, 4) is 0 Å². The van der Waals surface area contributed by atoms with E-state index in [2.05, 4.69) is 10.2 Å². The van der Waals surface area contributed by atoms with Crippen LogP contribution in [0.25, 0.3) is 0 Å². The van der Waals surface area contributed by atoms with Crippen LogP contribution < -0.4 is 5.32 Å². The summed E-state index contributed by atoms with van der Waals surface area (Å²) >= 11 is 0. The van der Waals surface area contributed by atoms with Crippen molar-refractivity contribution in [3.05, 3.63) is 0 Å². The molecule has 1 N–H and O–H groups in total. The van der Waals surface area contributed by atoms with Gasteiger partial charge in [0.15, 0.2) is 0 Å². The average molecular weight is 280 g/mol. The molecule has 4 nitrogen and oxygen atoms in total. The zero-order valence-electron chi connectivity index (χ0n) is 12.7. The monoisotopic (exact) mass is 280 g/mol. The van der Waals surface area contributed by atoms with E-state index < -0.39 is 0 Å². The molecule has 0 spiro atoms. The molecule has 114 valence electrons. The number of rotatable bonds is 4. The normalized spacial score (nSPS) is 34.5. The summed E-state index contributed by atoms with van der Waals surface area (Å²) in [6, 6.07) is 0.459. The van der Waals surface area contributed by atoms with Crippen molar-refractivity contribution in [2.45, 2.75) is 51.0 Å². The Bertz CT molecular complexity index is 340. The number of nitrogens with one attached hydrogen (secondary N) is 1. The molecule has 4 heteroatoms. The van der Waals surface area contributed by atoms with Gasteiger partial charge in [-0.25, -0.2) is 0 Å². The van der Waals surface area contributed by atoms with Crippen molar-refractivity contribution in [1.29, 1.82) is 0 Å². The number of likely N-dealkylation sites (tertiary alicyclic amines) is 1. The van der Waals surface area contributed by atoms with E-state index in [-0.39, 0.29) is 5.41 Å². The summed E-state index contributed by atoms with van der Waals surface area (Å²) in [7, 11) is 1.77. The molecule has 0 aromatic heterocycles. The molecule has 1 amide bonds. The number of carbonyl (C=O) groups excluding carboxylic acids is 1. The molecular formula is C16H28N2O2. The highest BCUT2D eigenvalue weighted by molar-refractivity contribution is 5.84. The predicted molar refractivity (Wildman–Crippen MR) is 78.5 cm³/mol. The van der Waals surface area contributed by atoms with E-state index in [4.69, 9.17) is 4.74 Å². The first-order valence-corrected chi connectivity index (χ1v) is 8.28. The van der Waals surface area contributed by atoms with Crippen LogP contribution in [0.1, 0.15) is 44.9 Å². The molecule has 0 radical (unpaired) electrons. The molecule has 3 rings (SSSR count). The molecule has 1 saturated carbocycles. The van der Waals surface area contributed by atoms with E-state index in [1.807, 2.05) is 0 Å². The molecule has 20 heavy (non-hydrogen) atoms. The highest BCUT2D eigenvalue weighted by atomic mass is 16.5. The van der Waals surface area contributed by atoms with E-state index in [0.29, 0.717) is 11.9 Å². The smallest absolute Gasteiger partial charge is 0.230 e. The quantitative estimate of drug-likeness (QED) is 0.853. The molecule has 2 heterocycles. The van der Waals surface area contributed by atoms with Crippen molar-refractivity contribution in [2.24, 2.45) is 11.3 Å². The minimum atomic E-state index is -0.0423. The first-order chi connectivity index (χ1) is 9.76. The lowest BCUT2D eigenvalue weighted by molar-refractivity contribution is -0.143. The second-order valence-electron chi connectivity index (χ2n) is 6.82. The van der Waals surface area contributed by atoms with Crippen molar-refractivity contribution < 1.29 is 9.53 Å². The van der Waals surface area contributed by atoms with Gasteiger partial charge in [-0.1, -0.05) is 6.42 Å². The fourth-order valence-corrected chi connectivity index (χ4v) is 4.53. The minimum Gasteiger partial charge on any atom is -0.385 e. The Morgan fingerprint density at radius 1 is 1.30 bits per heavy atom. The van der Waals surface area contributed by atoms with Gasteiger partial charge < -0.3 is 15.0 Å². The van der Waals surface area contributed by atoms with Crippen molar-refractivity contribution >= 4 is 5.91 Å². The summed E-state index contributed by atoms with van der Waals surface area (Å²) in [4.78, 5) is 15.1. The average Bonchev–Trinajstić information content (AvgIpc) is 3.05. The third kappa shape index (κ3) is 2.48. The maximum Gasteiger partial charge on any atom is 0.230 e. The van der Waals surface area contributed by atoms with Crippen LogP contribution in [0, 0.1) is 11.3 Å². The zero-order valence-corrected chi connectivity index (χ0v) is 12.7. The third-order valence-electron chi connectivity index (χ3n) is 5.80. The van der Waals surface area contributed by atoms with Gasteiger partial charge in [-0.15, -0.1) is 0 Å². The van der Waals surface area contributed by atoms with E-state index in [0.717, 1.165) is 64.3 Å². The number of ether oxygens (including phenoxy) is 1. The van der Waals surface area contributed by atoms with Gasteiger partial charge in [-0.05, 0) is 51.0 Å². The summed E-state index contributed by atoms with van der Waals surface area (Å²) in [5.41, 5.74) is -0.0423. The lowest BCUT2D eigenvalue weighted by Crippen LogP contribution is -2.50. The fourth-order valence-electron chi connectivity index (χ4n) is 4.53. The van der Waals surface area contributed by atoms with Gasteiger partial charge in [0.2, 0.25) is 5.91 Å². The second kappa shape index (κ2) is 6.02. The standard InChI is InChI=1S/C16H28N2O2/c1-20-12-6-13-4-10-18(11-5-13)15(19)16-7-2-3-14(16)17-9-8-16/h13-14,17H,2-12H2,1H3/t14-,16+/m1/s1. The summed E-state index contributed by atoms with van der Waals surface area (Å²) in [6.07, 6.45) is 8.03. The Morgan fingerprint density at radius 2 is 2.10 bits per heavy atom. The van der Waals surface area contributed by atoms with E-state index in [1.165, 1.54) is 12.8 Å². The SMILES string of the molecule is COCCC1CCN(C(=O)[C@]23CCC[C@H]2NCC3)CC1. The van der Waals surface area contributed by atoms with E-state index in [9.17, 15) is 4.79 Å². The Hall–Kier alpha value is -0.610. The second-order valence-corrected chi connectivity index (χ2v) is 6.82. The minimum absolute atomic E-state index is 0.0423. The molecule has 0 unspecified atom stereocenters. The Kier molecular flexibility index (Phi) is 4.32. The topological polar surface area (TPSA) is 41.6 Å². The van der Waals surface area contributed by atoms with Gasteiger partial charge in [0, 0.05) is 32.8 Å². The first-order valence-electron chi connectivity index (χ1n) is 8.28. The summed E-state index contributed by atoms with van der Waals surface area (Å²) < 4.78 is 5.17. The largest absolute Gasteiger partial charge is 0.385 e. The zero-order chi connectivity index (χ0) is 14.0. The van der Waals surface area contributed by atoms with Gasteiger partial charge in [0.1, 0.15) is 0 Å². The number of hydrogen-bond acceptors (Lipinski definition) is 3. The van der Waals surface area contributed by atoms with Gasteiger partial charge in [-0.3, -0.25) is 4.79 Å². The van der Waals surface area contributed by atoms with Gasteiger partial charge in [-0.2, -0.15) is 0 Å². The van der Waals surface area contributed by atoms with Gasteiger partial charge in [0.05, 0.1) is 5.41 Å². The Morgan fingerprint density at radius 3 is 2.85 bits per heavy atom. The lowest BCUT2D eigenvalue weighted by Gasteiger charge is -2.38. The first kappa shape index (κ1) is 14.3. The van der Waals surface area contributed by atoms with E-state index >= 15 is 0 Å². The fraction of sp³-hybridized carbons (Fsp3) is 0.938. The van der Waals surface area contributed by atoms with Crippen LogP contribution in [0.4, 0.5) is 0 Å². The molecule has 0 aromatic carbocycles. The van der Waals surface area contributed by atoms with Crippen LogP contribution in [0.3, 0.4) is 0 Å². The van der Waals surface area contributed by atoms with Crippen LogP contribution >= 0.6 is 0 Å².